The highest BCUT2D eigenvalue weighted by atomic mass is 35.5. The van der Waals surface area contributed by atoms with Crippen LogP contribution in [0.2, 0.25) is 0 Å². The van der Waals surface area contributed by atoms with E-state index in [4.69, 9.17) is 16.3 Å². The van der Waals surface area contributed by atoms with Crippen molar-refractivity contribution in [3.63, 3.8) is 0 Å². The predicted molar refractivity (Wildman–Crippen MR) is 63.7 cm³/mol. The third-order valence-corrected chi connectivity index (χ3v) is 3.94. The molecule has 1 atom stereocenters. The summed E-state index contributed by atoms with van der Waals surface area (Å²) < 4.78 is 5.61. The molecule has 2 fully saturated rings. The lowest BCUT2D eigenvalue weighted by Crippen LogP contribution is -2.53. The van der Waals surface area contributed by atoms with Crippen LogP contribution >= 0.6 is 11.6 Å². The maximum atomic E-state index is 12.4. The molecule has 0 aromatic carbocycles. The average Bonchev–Trinajstić information content (AvgIpc) is 2.62. The molecular weight excluding hydrogens is 226 g/mol. The summed E-state index contributed by atoms with van der Waals surface area (Å²) in [4.78, 5) is 14.4. The van der Waals surface area contributed by atoms with Crippen molar-refractivity contribution in [2.24, 2.45) is 0 Å². The fourth-order valence-corrected chi connectivity index (χ4v) is 2.67. The Kier molecular flexibility index (Phi) is 3.75. The van der Waals surface area contributed by atoms with Crippen LogP contribution in [0.25, 0.3) is 0 Å². The second-order valence-corrected chi connectivity index (χ2v) is 5.33. The number of amides is 1. The van der Waals surface area contributed by atoms with Crippen LogP contribution in [0.1, 0.15) is 39.0 Å². The third kappa shape index (κ3) is 2.21. The summed E-state index contributed by atoms with van der Waals surface area (Å²) in [6, 6.07) is 0.410. The van der Waals surface area contributed by atoms with Crippen LogP contribution in [-0.2, 0) is 9.53 Å². The second kappa shape index (κ2) is 4.92. The number of nitrogens with zero attached hydrogens (tertiary/aromatic N) is 1. The minimum absolute atomic E-state index is 0.148. The molecule has 3 nitrogen and oxygen atoms in total. The zero-order valence-electron chi connectivity index (χ0n) is 9.88. The number of carbonyl (C=O) groups excluding carboxylic acids is 1. The molecule has 1 aliphatic carbocycles. The van der Waals surface area contributed by atoms with Gasteiger partial charge in [0.05, 0.1) is 0 Å². The van der Waals surface area contributed by atoms with Gasteiger partial charge in [0.2, 0.25) is 0 Å². The van der Waals surface area contributed by atoms with E-state index in [0.717, 1.165) is 25.7 Å². The van der Waals surface area contributed by atoms with Gasteiger partial charge in [-0.25, -0.2) is 0 Å². The maximum Gasteiger partial charge on any atom is 0.254 e. The molecule has 0 N–H and O–H groups in total. The standard InChI is InChI=1S/C12H20ClNO2/c1-12(6-3-9-16-12)11(15)14(8-7-13)10-4-2-5-10/h10H,2-9H2,1H3. The first-order valence-electron chi connectivity index (χ1n) is 6.18. The molecular formula is C12H20ClNO2. The van der Waals surface area contributed by atoms with E-state index >= 15 is 0 Å². The van der Waals surface area contributed by atoms with Crippen molar-refractivity contribution < 1.29 is 9.53 Å². The lowest BCUT2D eigenvalue weighted by atomic mass is 9.89. The van der Waals surface area contributed by atoms with Crippen molar-refractivity contribution in [2.75, 3.05) is 19.0 Å². The number of hydrogen-bond donors (Lipinski definition) is 0. The number of halogens is 1. The van der Waals surface area contributed by atoms with E-state index in [1.54, 1.807) is 0 Å². The Bertz CT molecular complexity index is 260. The molecule has 0 aromatic rings. The Hall–Kier alpha value is -0.280. The molecule has 2 rings (SSSR count). The highest BCUT2D eigenvalue weighted by Crippen LogP contribution is 2.32. The van der Waals surface area contributed by atoms with E-state index in [-0.39, 0.29) is 5.91 Å². The number of carbonyl (C=O) groups is 1. The quantitative estimate of drug-likeness (QED) is 0.711. The van der Waals surface area contributed by atoms with Crippen molar-refractivity contribution >= 4 is 17.5 Å². The summed E-state index contributed by atoms with van der Waals surface area (Å²) in [5.41, 5.74) is -0.582. The Morgan fingerprint density at radius 2 is 2.25 bits per heavy atom. The molecule has 1 heterocycles. The summed E-state index contributed by atoms with van der Waals surface area (Å²) in [7, 11) is 0. The van der Waals surface area contributed by atoms with Gasteiger partial charge in [-0.3, -0.25) is 4.79 Å². The Morgan fingerprint density at radius 3 is 2.69 bits per heavy atom. The average molecular weight is 246 g/mol. The number of alkyl halides is 1. The molecule has 0 spiro atoms. The smallest absolute Gasteiger partial charge is 0.254 e. The SMILES string of the molecule is CC1(C(=O)N(CCCl)C2CCC2)CCCO1. The van der Waals surface area contributed by atoms with Gasteiger partial charge in [-0.2, -0.15) is 0 Å². The molecule has 1 amide bonds. The van der Waals surface area contributed by atoms with Gasteiger partial charge in [-0.15, -0.1) is 11.6 Å². The van der Waals surface area contributed by atoms with Crippen molar-refractivity contribution in [3.05, 3.63) is 0 Å². The fraction of sp³-hybridized carbons (Fsp3) is 0.917. The second-order valence-electron chi connectivity index (χ2n) is 4.96. The highest BCUT2D eigenvalue weighted by Gasteiger charge is 2.43. The normalized spacial score (nSPS) is 30.1. The van der Waals surface area contributed by atoms with E-state index in [0.29, 0.717) is 25.1 Å². The molecule has 16 heavy (non-hydrogen) atoms. The number of rotatable bonds is 4. The van der Waals surface area contributed by atoms with E-state index in [1.807, 2.05) is 11.8 Å². The van der Waals surface area contributed by atoms with E-state index < -0.39 is 5.60 Å². The maximum absolute atomic E-state index is 12.4. The van der Waals surface area contributed by atoms with E-state index in [9.17, 15) is 4.79 Å². The van der Waals surface area contributed by atoms with Crippen molar-refractivity contribution in [2.45, 2.75) is 50.7 Å². The molecule has 92 valence electrons. The third-order valence-electron chi connectivity index (χ3n) is 3.77. The summed E-state index contributed by atoms with van der Waals surface area (Å²) in [6.45, 7) is 3.29. The lowest BCUT2D eigenvalue weighted by Gasteiger charge is -2.40. The van der Waals surface area contributed by atoms with Gasteiger partial charge in [-0.05, 0) is 39.0 Å². The lowest BCUT2D eigenvalue weighted by molar-refractivity contribution is -0.154. The van der Waals surface area contributed by atoms with Crippen LogP contribution in [0.5, 0.6) is 0 Å². The van der Waals surface area contributed by atoms with Gasteiger partial charge < -0.3 is 9.64 Å². The first kappa shape index (κ1) is 12.2. The minimum atomic E-state index is -0.582. The monoisotopic (exact) mass is 245 g/mol. The van der Waals surface area contributed by atoms with E-state index in [2.05, 4.69) is 0 Å². The van der Waals surface area contributed by atoms with Crippen molar-refractivity contribution in [1.82, 2.24) is 4.90 Å². The Balaban J connectivity index is 2.03. The van der Waals surface area contributed by atoms with Crippen LogP contribution in [0.15, 0.2) is 0 Å². The van der Waals surface area contributed by atoms with Crippen LogP contribution in [0.4, 0.5) is 0 Å². The Labute approximate surface area is 102 Å². The van der Waals surface area contributed by atoms with Gasteiger partial charge in [0.15, 0.2) is 0 Å². The van der Waals surface area contributed by atoms with Crippen LogP contribution in [-0.4, -0.2) is 41.5 Å². The summed E-state index contributed by atoms with van der Waals surface area (Å²) in [5, 5.41) is 0. The number of ether oxygens (including phenoxy) is 1. The molecule has 1 saturated heterocycles. The zero-order chi connectivity index (χ0) is 11.6. The topological polar surface area (TPSA) is 29.5 Å². The largest absolute Gasteiger partial charge is 0.365 e. The van der Waals surface area contributed by atoms with E-state index in [1.165, 1.54) is 6.42 Å². The molecule has 0 bridgehead atoms. The van der Waals surface area contributed by atoms with Crippen LogP contribution in [0, 0.1) is 0 Å². The van der Waals surface area contributed by atoms with Gasteiger partial charge in [0.25, 0.3) is 5.91 Å². The first-order valence-corrected chi connectivity index (χ1v) is 6.72. The summed E-state index contributed by atoms with van der Waals surface area (Å²) in [5.74, 6) is 0.661. The number of hydrogen-bond acceptors (Lipinski definition) is 2. The molecule has 1 unspecified atom stereocenters. The molecule has 1 aliphatic heterocycles. The minimum Gasteiger partial charge on any atom is -0.365 e. The van der Waals surface area contributed by atoms with Gasteiger partial charge in [-0.1, -0.05) is 0 Å². The van der Waals surface area contributed by atoms with Gasteiger partial charge in [0, 0.05) is 25.1 Å². The predicted octanol–water partition coefficient (Wildman–Crippen LogP) is 2.18. The zero-order valence-corrected chi connectivity index (χ0v) is 10.6. The highest BCUT2D eigenvalue weighted by molar-refractivity contribution is 6.18. The van der Waals surface area contributed by atoms with Crippen LogP contribution < -0.4 is 0 Å². The first-order chi connectivity index (χ1) is 7.67. The summed E-state index contributed by atoms with van der Waals surface area (Å²) in [6.07, 6.45) is 5.31. The Morgan fingerprint density at radius 1 is 1.50 bits per heavy atom. The molecule has 0 radical (unpaired) electrons. The molecule has 0 aromatic heterocycles. The van der Waals surface area contributed by atoms with Crippen molar-refractivity contribution in [3.8, 4) is 0 Å². The van der Waals surface area contributed by atoms with Crippen LogP contribution in [0.3, 0.4) is 0 Å². The summed E-state index contributed by atoms with van der Waals surface area (Å²) >= 11 is 5.78. The molecule has 2 aliphatic rings. The van der Waals surface area contributed by atoms with Gasteiger partial charge >= 0.3 is 0 Å². The fourth-order valence-electron chi connectivity index (χ4n) is 2.49. The van der Waals surface area contributed by atoms with Gasteiger partial charge in [0.1, 0.15) is 5.60 Å². The molecule has 4 heteroatoms. The van der Waals surface area contributed by atoms with Crippen molar-refractivity contribution in [1.29, 1.82) is 0 Å². The molecule has 1 saturated carbocycles.